The monoisotopic (exact) mass is 186 g/mol. The molecule has 0 bridgehead atoms. The third-order valence-electron chi connectivity index (χ3n) is 3.68. The predicted octanol–water partition coefficient (Wildman–Crippen LogP) is 2.07. The first kappa shape index (κ1) is 11.0. The molecule has 1 aliphatic carbocycles. The fourth-order valence-corrected chi connectivity index (χ4v) is 2.61. The number of hydrogen-bond donors (Lipinski definition) is 1. The molecule has 3 atom stereocenters. The minimum absolute atomic E-state index is 0.0674. The summed E-state index contributed by atoms with van der Waals surface area (Å²) in [4.78, 5) is 0. The van der Waals surface area contributed by atoms with E-state index in [2.05, 4.69) is 20.8 Å². The van der Waals surface area contributed by atoms with E-state index in [1.807, 2.05) is 0 Å². The minimum Gasteiger partial charge on any atom is -0.392 e. The van der Waals surface area contributed by atoms with Gasteiger partial charge >= 0.3 is 0 Å². The Morgan fingerprint density at radius 2 is 2.08 bits per heavy atom. The van der Waals surface area contributed by atoms with E-state index in [1.54, 1.807) is 7.11 Å². The van der Waals surface area contributed by atoms with Crippen molar-refractivity contribution in [1.82, 2.24) is 0 Å². The van der Waals surface area contributed by atoms with Crippen LogP contribution in [0.1, 0.15) is 33.6 Å². The summed E-state index contributed by atoms with van der Waals surface area (Å²) in [6.45, 7) is 7.29. The normalized spacial score (nSPS) is 38.1. The van der Waals surface area contributed by atoms with Gasteiger partial charge in [-0.3, -0.25) is 0 Å². The minimum atomic E-state index is -0.144. The Balaban J connectivity index is 2.56. The van der Waals surface area contributed by atoms with Crippen molar-refractivity contribution >= 4 is 0 Å². The first-order chi connectivity index (χ1) is 6.00. The Morgan fingerprint density at radius 1 is 1.46 bits per heavy atom. The van der Waals surface area contributed by atoms with Crippen LogP contribution in [0.2, 0.25) is 0 Å². The van der Waals surface area contributed by atoms with Crippen LogP contribution in [0, 0.1) is 17.3 Å². The van der Waals surface area contributed by atoms with Crippen LogP contribution in [0.4, 0.5) is 0 Å². The zero-order valence-electron chi connectivity index (χ0n) is 9.21. The van der Waals surface area contributed by atoms with Crippen molar-refractivity contribution in [3.63, 3.8) is 0 Å². The van der Waals surface area contributed by atoms with Crippen molar-refractivity contribution in [1.29, 1.82) is 0 Å². The molecule has 1 N–H and O–H groups in total. The lowest BCUT2D eigenvalue weighted by Gasteiger charge is -2.30. The van der Waals surface area contributed by atoms with E-state index < -0.39 is 0 Å². The largest absolute Gasteiger partial charge is 0.392 e. The molecule has 1 fully saturated rings. The number of ether oxygens (including phenoxy) is 1. The molecule has 0 spiro atoms. The lowest BCUT2D eigenvalue weighted by Crippen LogP contribution is -2.31. The summed E-state index contributed by atoms with van der Waals surface area (Å²) in [5.41, 5.74) is 0.0674. The molecule has 2 nitrogen and oxygen atoms in total. The average Bonchev–Trinajstić information content (AvgIpc) is 2.26. The van der Waals surface area contributed by atoms with Crippen molar-refractivity contribution < 1.29 is 9.84 Å². The van der Waals surface area contributed by atoms with Gasteiger partial charge in [0.05, 0.1) is 6.10 Å². The summed E-state index contributed by atoms with van der Waals surface area (Å²) in [5, 5.41) is 9.95. The van der Waals surface area contributed by atoms with Crippen LogP contribution in [-0.4, -0.2) is 24.9 Å². The van der Waals surface area contributed by atoms with E-state index in [0.29, 0.717) is 11.8 Å². The highest BCUT2D eigenvalue weighted by molar-refractivity contribution is 4.95. The quantitative estimate of drug-likeness (QED) is 0.731. The van der Waals surface area contributed by atoms with Gasteiger partial charge in [0.15, 0.2) is 0 Å². The van der Waals surface area contributed by atoms with Gasteiger partial charge < -0.3 is 9.84 Å². The molecule has 0 saturated heterocycles. The topological polar surface area (TPSA) is 29.5 Å². The van der Waals surface area contributed by atoms with Gasteiger partial charge in [0.1, 0.15) is 0 Å². The molecule has 0 unspecified atom stereocenters. The van der Waals surface area contributed by atoms with E-state index in [4.69, 9.17) is 4.74 Å². The summed E-state index contributed by atoms with van der Waals surface area (Å²) in [6, 6.07) is 0. The summed E-state index contributed by atoms with van der Waals surface area (Å²) in [5.74, 6) is 1.05. The van der Waals surface area contributed by atoms with Crippen LogP contribution in [0.5, 0.6) is 0 Å². The van der Waals surface area contributed by atoms with Gasteiger partial charge in [-0.1, -0.05) is 20.8 Å². The zero-order valence-corrected chi connectivity index (χ0v) is 9.21. The second-order valence-corrected chi connectivity index (χ2v) is 4.96. The highest BCUT2D eigenvalue weighted by atomic mass is 16.5. The van der Waals surface area contributed by atoms with Crippen LogP contribution < -0.4 is 0 Å². The Bertz CT molecular complexity index is 165. The van der Waals surface area contributed by atoms with Gasteiger partial charge in [0, 0.05) is 13.7 Å². The predicted molar refractivity (Wildman–Crippen MR) is 53.6 cm³/mol. The Hall–Kier alpha value is -0.0800. The maximum atomic E-state index is 9.95. The number of methoxy groups -OCH3 is 1. The molecule has 0 aromatic heterocycles. The maximum absolute atomic E-state index is 9.95. The van der Waals surface area contributed by atoms with Crippen LogP contribution in [-0.2, 0) is 4.74 Å². The molecular formula is C11H22O2. The fraction of sp³-hybridized carbons (Fsp3) is 1.00. The van der Waals surface area contributed by atoms with Crippen molar-refractivity contribution in [3.05, 3.63) is 0 Å². The third kappa shape index (κ3) is 2.05. The molecule has 78 valence electrons. The molecular weight excluding hydrogens is 164 g/mol. The second-order valence-electron chi connectivity index (χ2n) is 4.96. The van der Waals surface area contributed by atoms with Gasteiger partial charge in [0.2, 0.25) is 0 Å². The van der Waals surface area contributed by atoms with Gasteiger partial charge in [0.25, 0.3) is 0 Å². The Labute approximate surface area is 81.3 Å². The molecule has 1 saturated carbocycles. The number of aliphatic hydroxyl groups is 1. The van der Waals surface area contributed by atoms with Gasteiger partial charge in [-0.25, -0.2) is 0 Å². The van der Waals surface area contributed by atoms with Crippen LogP contribution >= 0.6 is 0 Å². The molecule has 0 amide bonds. The fourth-order valence-electron chi connectivity index (χ4n) is 2.61. The van der Waals surface area contributed by atoms with Crippen LogP contribution in [0.25, 0.3) is 0 Å². The molecule has 13 heavy (non-hydrogen) atoms. The van der Waals surface area contributed by atoms with Crippen LogP contribution in [0.15, 0.2) is 0 Å². The zero-order chi connectivity index (χ0) is 10.1. The first-order valence-corrected chi connectivity index (χ1v) is 5.17. The van der Waals surface area contributed by atoms with E-state index in [-0.39, 0.29) is 11.5 Å². The number of hydrogen-bond acceptors (Lipinski definition) is 2. The molecule has 0 aromatic rings. The molecule has 0 aromatic carbocycles. The van der Waals surface area contributed by atoms with E-state index in [9.17, 15) is 5.11 Å². The molecule has 0 heterocycles. The van der Waals surface area contributed by atoms with Gasteiger partial charge in [-0.15, -0.1) is 0 Å². The lowest BCUT2D eigenvalue weighted by molar-refractivity contribution is 0.0267. The summed E-state index contributed by atoms with van der Waals surface area (Å²) in [7, 11) is 1.74. The highest BCUT2D eigenvalue weighted by Crippen LogP contribution is 2.47. The second kappa shape index (κ2) is 3.97. The molecule has 1 aliphatic rings. The molecule has 0 radical (unpaired) electrons. The smallest absolute Gasteiger partial charge is 0.0619 e. The lowest BCUT2D eigenvalue weighted by atomic mass is 9.78. The SMILES string of the molecule is COCC[C@H]1C[C@@H](C)[C@H](O)C1(C)C. The number of aliphatic hydroxyl groups excluding tert-OH is 1. The standard InChI is InChI=1S/C11H22O2/c1-8-7-9(5-6-13-4)11(2,3)10(8)12/h8-10,12H,5-7H2,1-4H3/t8-,9+,10+/m1/s1. The highest BCUT2D eigenvalue weighted by Gasteiger charge is 2.45. The Kier molecular flexibility index (Phi) is 3.36. The number of rotatable bonds is 3. The van der Waals surface area contributed by atoms with Crippen molar-refractivity contribution in [2.75, 3.05) is 13.7 Å². The summed E-state index contributed by atoms with van der Waals surface area (Å²) < 4.78 is 5.09. The summed E-state index contributed by atoms with van der Waals surface area (Å²) >= 11 is 0. The third-order valence-corrected chi connectivity index (χ3v) is 3.68. The van der Waals surface area contributed by atoms with Crippen LogP contribution in [0.3, 0.4) is 0 Å². The maximum Gasteiger partial charge on any atom is 0.0619 e. The van der Waals surface area contributed by atoms with Gasteiger partial charge in [-0.05, 0) is 30.1 Å². The molecule has 2 heteroatoms. The van der Waals surface area contributed by atoms with E-state index in [1.165, 1.54) is 0 Å². The first-order valence-electron chi connectivity index (χ1n) is 5.17. The summed E-state index contributed by atoms with van der Waals surface area (Å²) in [6.07, 6.45) is 2.07. The molecule has 1 rings (SSSR count). The Morgan fingerprint density at radius 3 is 2.46 bits per heavy atom. The average molecular weight is 186 g/mol. The van der Waals surface area contributed by atoms with Crippen molar-refractivity contribution in [3.8, 4) is 0 Å². The van der Waals surface area contributed by atoms with E-state index >= 15 is 0 Å². The van der Waals surface area contributed by atoms with E-state index in [0.717, 1.165) is 19.4 Å². The van der Waals surface area contributed by atoms with Crippen molar-refractivity contribution in [2.45, 2.75) is 39.7 Å². The molecule has 0 aliphatic heterocycles. The van der Waals surface area contributed by atoms with Gasteiger partial charge in [-0.2, -0.15) is 0 Å². The van der Waals surface area contributed by atoms with Crippen molar-refractivity contribution in [2.24, 2.45) is 17.3 Å².